The van der Waals surface area contributed by atoms with Crippen LogP contribution in [0.4, 0.5) is 0 Å². The fourth-order valence-electron chi connectivity index (χ4n) is 1.50. The molecule has 16 heavy (non-hydrogen) atoms. The van der Waals surface area contributed by atoms with Crippen LogP contribution in [0.1, 0.15) is 0 Å². The van der Waals surface area contributed by atoms with Gasteiger partial charge < -0.3 is 9.67 Å². The SMILES string of the molecule is Cn1cc(-c2c(O)c(Br)cn(C)c2=O)cn1. The van der Waals surface area contributed by atoms with Crippen LogP contribution in [-0.4, -0.2) is 19.5 Å². The second-order valence-electron chi connectivity index (χ2n) is 3.52. The maximum absolute atomic E-state index is 11.9. The number of halogens is 1. The van der Waals surface area contributed by atoms with Crippen molar-refractivity contribution in [2.24, 2.45) is 14.1 Å². The van der Waals surface area contributed by atoms with Crippen LogP contribution in [0.25, 0.3) is 11.1 Å². The minimum Gasteiger partial charge on any atom is -0.506 e. The molecule has 0 bridgehead atoms. The molecule has 6 heteroatoms. The molecule has 0 aromatic carbocycles. The normalized spacial score (nSPS) is 10.7. The lowest BCUT2D eigenvalue weighted by Gasteiger charge is -2.06. The summed E-state index contributed by atoms with van der Waals surface area (Å²) in [6.07, 6.45) is 4.75. The summed E-state index contributed by atoms with van der Waals surface area (Å²) in [5.74, 6) is -0.0592. The van der Waals surface area contributed by atoms with Crippen molar-refractivity contribution in [2.75, 3.05) is 0 Å². The minimum absolute atomic E-state index is 0.0592. The zero-order valence-electron chi connectivity index (χ0n) is 8.81. The van der Waals surface area contributed by atoms with Crippen LogP contribution in [0, 0.1) is 0 Å². The molecule has 0 amide bonds. The first kappa shape index (κ1) is 10.9. The minimum atomic E-state index is -0.256. The molecule has 84 valence electrons. The Morgan fingerprint density at radius 2 is 2.06 bits per heavy atom. The van der Waals surface area contributed by atoms with E-state index in [2.05, 4.69) is 21.0 Å². The molecular formula is C10H10BrN3O2. The van der Waals surface area contributed by atoms with E-state index in [4.69, 9.17) is 0 Å². The topological polar surface area (TPSA) is 60.0 Å². The summed E-state index contributed by atoms with van der Waals surface area (Å²) in [6, 6.07) is 0. The van der Waals surface area contributed by atoms with Crippen LogP contribution in [0.3, 0.4) is 0 Å². The Labute approximate surface area is 100 Å². The summed E-state index contributed by atoms with van der Waals surface area (Å²) in [5.41, 5.74) is 0.598. The third kappa shape index (κ3) is 1.65. The van der Waals surface area contributed by atoms with Crippen molar-refractivity contribution in [3.8, 4) is 16.9 Å². The van der Waals surface area contributed by atoms with E-state index in [1.54, 1.807) is 31.2 Å². The first-order valence-corrected chi connectivity index (χ1v) is 5.37. The Morgan fingerprint density at radius 3 is 2.62 bits per heavy atom. The molecule has 0 unspecified atom stereocenters. The number of pyridine rings is 1. The van der Waals surface area contributed by atoms with E-state index >= 15 is 0 Å². The molecule has 0 aliphatic heterocycles. The van der Waals surface area contributed by atoms with Gasteiger partial charge in [0.1, 0.15) is 5.75 Å². The third-order valence-electron chi connectivity index (χ3n) is 2.30. The van der Waals surface area contributed by atoms with Gasteiger partial charge in [-0.1, -0.05) is 0 Å². The molecule has 0 saturated heterocycles. The highest BCUT2D eigenvalue weighted by Crippen LogP contribution is 2.31. The first-order chi connectivity index (χ1) is 7.50. The molecule has 0 aliphatic rings. The predicted octanol–water partition coefficient (Wildman–Crippen LogP) is 1.25. The van der Waals surface area contributed by atoms with Crippen molar-refractivity contribution in [1.82, 2.24) is 14.3 Å². The van der Waals surface area contributed by atoms with E-state index in [1.165, 1.54) is 10.8 Å². The predicted molar refractivity (Wildman–Crippen MR) is 63.2 cm³/mol. The van der Waals surface area contributed by atoms with E-state index in [-0.39, 0.29) is 16.9 Å². The van der Waals surface area contributed by atoms with Gasteiger partial charge in [-0.15, -0.1) is 0 Å². The molecule has 0 fully saturated rings. The zero-order valence-corrected chi connectivity index (χ0v) is 10.4. The van der Waals surface area contributed by atoms with Gasteiger partial charge in [0.05, 0.1) is 16.2 Å². The van der Waals surface area contributed by atoms with Crippen LogP contribution in [-0.2, 0) is 14.1 Å². The number of nitrogens with zero attached hydrogens (tertiary/aromatic N) is 3. The fraction of sp³-hybridized carbons (Fsp3) is 0.200. The third-order valence-corrected chi connectivity index (χ3v) is 2.88. The van der Waals surface area contributed by atoms with E-state index < -0.39 is 0 Å². The monoisotopic (exact) mass is 283 g/mol. The lowest BCUT2D eigenvalue weighted by atomic mass is 10.1. The van der Waals surface area contributed by atoms with E-state index in [9.17, 15) is 9.90 Å². The molecule has 0 saturated carbocycles. The Balaban J connectivity index is 2.78. The van der Waals surface area contributed by atoms with Gasteiger partial charge in [0.15, 0.2) is 0 Å². The highest BCUT2D eigenvalue weighted by Gasteiger charge is 2.15. The molecule has 0 aliphatic carbocycles. The van der Waals surface area contributed by atoms with Crippen molar-refractivity contribution < 1.29 is 5.11 Å². The van der Waals surface area contributed by atoms with Crippen LogP contribution in [0.2, 0.25) is 0 Å². The van der Waals surface area contributed by atoms with Crippen LogP contribution < -0.4 is 5.56 Å². The lowest BCUT2D eigenvalue weighted by Crippen LogP contribution is -2.18. The number of aromatic nitrogens is 3. The highest BCUT2D eigenvalue weighted by molar-refractivity contribution is 9.10. The van der Waals surface area contributed by atoms with Gasteiger partial charge in [-0.2, -0.15) is 5.10 Å². The molecule has 2 aromatic heterocycles. The molecule has 1 N–H and O–H groups in total. The Morgan fingerprint density at radius 1 is 1.38 bits per heavy atom. The summed E-state index contributed by atoms with van der Waals surface area (Å²) in [6.45, 7) is 0. The smallest absolute Gasteiger partial charge is 0.262 e. The second kappa shape index (κ2) is 3.79. The van der Waals surface area contributed by atoms with Gasteiger partial charge in [0.25, 0.3) is 5.56 Å². The maximum atomic E-state index is 11.9. The molecule has 2 aromatic rings. The first-order valence-electron chi connectivity index (χ1n) is 4.58. The van der Waals surface area contributed by atoms with Gasteiger partial charge in [-0.05, 0) is 15.9 Å². The van der Waals surface area contributed by atoms with Gasteiger partial charge in [-0.25, -0.2) is 0 Å². The summed E-state index contributed by atoms with van der Waals surface area (Å²) in [4.78, 5) is 11.9. The standard InChI is InChI=1S/C10H10BrN3O2/c1-13-5-7(11)9(15)8(10(13)16)6-3-12-14(2)4-6/h3-5,15H,1-2H3. The Hall–Kier alpha value is -1.56. The molecular weight excluding hydrogens is 274 g/mol. The Kier molecular flexibility index (Phi) is 2.59. The largest absolute Gasteiger partial charge is 0.506 e. The van der Waals surface area contributed by atoms with Crippen LogP contribution in [0.15, 0.2) is 27.9 Å². The van der Waals surface area contributed by atoms with Crippen molar-refractivity contribution in [2.45, 2.75) is 0 Å². The van der Waals surface area contributed by atoms with Gasteiger partial charge in [-0.3, -0.25) is 9.48 Å². The van der Waals surface area contributed by atoms with Crippen molar-refractivity contribution in [3.05, 3.63) is 33.4 Å². The number of rotatable bonds is 1. The highest BCUT2D eigenvalue weighted by atomic mass is 79.9. The van der Waals surface area contributed by atoms with E-state index in [0.29, 0.717) is 10.0 Å². The van der Waals surface area contributed by atoms with E-state index in [1.807, 2.05) is 0 Å². The molecule has 0 atom stereocenters. The van der Waals surface area contributed by atoms with Crippen molar-refractivity contribution in [1.29, 1.82) is 0 Å². The van der Waals surface area contributed by atoms with Crippen molar-refractivity contribution >= 4 is 15.9 Å². The van der Waals surface area contributed by atoms with Crippen LogP contribution in [0.5, 0.6) is 5.75 Å². The molecule has 5 nitrogen and oxygen atoms in total. The molecule has 2 rings (SSSR count). The van der Waals surface area contributed by atoms with Gasteiger partial charge in [0, 0.05) is 32.1 Å². The average Bonchev–Trinajstić information content (AvgIpc) is 2.62. The Bertz CT molecular complexity index is 601. The second-order valence-corrected chi connectivity index (χ2v) is 4.37. The molecule has 2 heterocycles. The number of aryl methyl sites for hydroxylation is 2. The molecule has 0 spiro atoms. The maximum Gasteiger partial charge on any atom is 0.262 e. The zero-order chi connectivity index (χ0) is 11.9. The lowest BCUT2D eigenvalue weighted by molar-refractivity contribution is 0.470. The van der Waals surface area contributed by atoms with E-state index in [0.717, 1.165) is 0 Å². The van der Waals surface area contributed by atoms with Crippen molar-refractivity contribution in [3.63, 3.8) is 0 Å². The number of aromatic hydroxyl groups is 1. The quantitative estimate of drug-likeness (QED) is 0.857. The van der Waals surface area contributed by atoms with Gasteiger partial charge in [0.2, 0.25) is 0 Å². The molecule has 0 radical (unpaired) electrons. The summed E-state index contributed by atoms with van der Waals surface area (Å²) < 4.78 is 3.47. The van der Waals surface area contributed by atoms with Crippen LogP contribution >= 0.6 is 15.9 Å². The number of hydrogen-bond donors (Lipinski definition) is 1. The summed E-state index contributed by atoms with van der Waals surface area (Å²) in [7, 11) is 3.38. The number of hydrogen-bond acceptors (Lipinski definition) is 3. The average molecular weight is 284 g/mol. The summed E-state index contributed by atoms with van der Waals surface area (Å²) >= 11 is 3.20. The van der Waals surface area contributed by atoms with Gasteiger partial charge >= 0.3 is 0 Å². The fourth-order valence-corrected chi connectivity index (χ4v) is 2.00. The summed E-state index contributed by atoms with van der Waals surface area (Å²) in [5, 5.41) is 13.8.